The molecule has 18 heavy (non-hydrogen) atoms. The van der Waals surface area contributed by atoms with Crippen LogP contribution < -0.4 is 10.6 Å². The Hall–Kier alpha value is -1.88. The zero-order valence-electron chi connectivity index (χ0n) is 9.77. The van der Waals surface area contributed by atoms with Crippen molar-refractivity contribution in [2.24, 2.45) is 0 Å². The van der Waals surface area contributed by atoms with Crippen LogP contribution in [0.25, 0.3) is 0 Å². The van der Waals surface area contributed by atoms with Gasteiger partial charge in [-0.2, -0.15) is 0 Å². The minimum absolute atomic E-state index is 0.105. The van der Waals surface area contributed by atoms with Gasteiger partial charge in [0.15, 0.2) is 0 Å². The van der Waals surface area contributed by atoms with Gasteiger partial charge in [0.05, 0.1) is 12.1 Å². The van der Waals surface area contributed by atoms with Crippen LogP contribution in [0.5, 0.6) is 0 Å². The maximum absolute atomic E-state index is 11.3. The average Bonchev–Trinajstić information content (AvgIpc) is 2.89. The first-order valence-corrected chi connectivity index (χ1v) is 6.73. The van der Waals surface area contributed by atoms with Crippen LogP contribution in [0.15, 0.2) is 29.9 Å². The number of aryl methyl sites for hydroxylation is 1. The summed E-state index contributed by atoms with van der Waals surface area (Å²) in [7, 11) is 0. The Balaban J connectivity index is 1.72. The van der Waals surface area contributed by atoms with Crippen LogP contribution in [0.2, 0.25) is 0 Å². The lowest BCUT2D eigenvalue weighted by Gasteiger charge is -2.17. The van der Waals surface area contributed by atoms with Crippen LogP contribution in [0.4, 0.5) is 11.4 Å². The van der Waals surface area contributed by atoms with E-state index < -0.39 is 0 Å². The fourth-order valence-electron chi connectivity index (χ4n) is 2.01. The van der Waals surface area contributed by atoms with E-state index in [4.69, 9.17) is 0 Å². The molecule has 0 radical (unpaired) electrons. The van der Waals surface area contributed by atoms with Gasteiger partial charge in [0, 0.05) is 28.9 Å². The molecule has 3 rings (SSSR count). The highest BCUT2D eigenvalue weighted by Gasteiger charge is 2.14. The predicted molar refractivity (Wildman–Crippen MR) is 72.8 cm³/mol. The molecule has 5 heteroatoms. The first-order valence-electron chi connectivity index (χ1n) is 5.85. The Labute approximate surface area is 109 Å². The molecule has 0 saturated heterocycles. The number of hydrogen-bond acceptors (Lipinski definition) is 4. The number of anilines is 2. The van der Waals surface area contributed by atoms with E-state index in [2.05, 4.69) is 21.7 Å². The number of carbonyl (C=O) groups is 1. The van der Waals surface area contributed by atoms with Crippen molar-refractivity contribution in [1.82, 2.24) is 4.98 Å². The van der Waals surface area contributed by atoms with Crippen molar-refractivity contribution in [3.05, 3.63) is 40.3 Å². The molecule has 1 amide bonds. The highest BCUT2D eigenvalue weighted by atomic mass is 32.1. The predicted octanol–water partition coefficient (Wildman–Crippen LogP) is 2.64. The molecule has 0 bridgehead atoms. The van der Waals surface area contributed by atoms with E-state index in [9.17, 15) is 4.79 Å². The molecule has 4 nitrogen and oxygen atoms in total. The molecule has 1 aromatic carbocycles. The maximum Gasteiger partial charge on any atom is 0.224 e. The number of carbonyl (C=O) groups excluding carboxylic acids is 1. The molecule has 1 aromatic heterocycles. The summed E-state index contributed by atoms with van der Waals surface area (Å²) in [6.45, 7) is 0.788. The summed E-state index contributed by atoms with van der Waals surface area (Å²) in [5.41, 5.74) is 5.05. The van der Waals surface area contributed by atoms with Crippen molar-refractivity contribution in [3.63, 3.8) is 0 Å². The van der Waals surface area contributed by atoms with Gasteiger partial charge in [0.1, 0.15) is 0 Å². The molecule has 0 unspecified atom stereocenters. The zero-order valence-corrected chi connectivity index (χ0v) is 10.6. The van der Waals surface area contributed by atoms with Gasteiger partial charge in [-0.25, -0.2) is 0 Å². The molecule has 2 N–H and O–H groups in total. The summed E-state index contributed by atoms with van der Waals surface area (Å²) in [6, 6.07) is 6.06. The third kappa shape index (κ3) is 2.36. The number of aromatic nitrogens is 1. The summed E-state index contributed by atoms with van der Waals surface area (Å²) in [5, 5.41) is 6.25. The second-order valence-corrected chi connectivity index (χ2v) is 5.21. The lowest BCUT2D eigenvalue weighted by molar-refractivity contribution is -0.116. The van der Waals surface area contributed by atoms with E-state index in [1.807, 2.05) is 23.8 Å². The molecule has 0 spiro atoms. The van der Waals surface area contributed by atoms with Crippen molar-refractivity contribution in [3.8, 4) is 0 Å². The van der Waals surface area contributed by atoms with Gasteiger partial charge in [-0.1, -0.05) is 0 Å². The molecular weight excluding hydrogens is 246 g/mol. The fraction of sp³-hybridized carbons (Fsp3) is 0.231. The highest BCUT2D eigenvalue weighted by molar-refractivity contribution is 7.09. The first kappa shape index (κ1) is 11.2. The van der Waals surface area contributed by atoms with Crippen LogP contribution in [0.3, 0.4) is 0 Å². The smallest absolute Gasteiger partial charge is 0.224 e. The van der Waals surface area contributed by atoms with Crippen molar-refractivity contribution in [2.75, 3.05) is 10.6 Å². The van der Waals surface area contributed by atoms with E-state index >= 15 is 0 Å². The number of fused-ring (bicyclic) bond motifs is 1. The van der Waals surface area contributed by atoms with Gasteiger partial charge in [0.2, 0.25) is 5.91 Å². The average molecular weight is 259 g/mol. The van der Waals surface area contributed by atoms with E-state index in [1.165, 1.54) is 10.4 Å². The SMILES string of the molecule is O=C1CCc2cc(NCc3cncs3)ccc2N1. The Kier molecular flexibility index (Phi) is 2.98. The zero-order chi connectivity index (χ0) is 12.4. The number of nitrogens with one attached hydrogen (secondary N) is 2. The van der Waals surface area contributed by atoms with E-state index in [0.29, 0.717) is 6.42 Å². The molecule has 2 heterocycles. The summed E-state index contributed by atoms with van der Waals surface area (Å²) in [6.07, 6.45) is 3.26. The molecule has 1 aliphatic rings. The van der Waals surface area contributed by atoms with Gasteiger partial charge in [-0.15, -0.1) is 11.3 Å². The fourth-order valence-corrected chi connectivity index (χ4v) is 2.55. The second-order valence-electron chi connectivity index (χ2n) is 4.24. The van der Waals surface area contributed by atoms with Gasteiger partial charge >= 0.3 is 0 Å². The molecule has 0 aliphatic carbocycles. The Bertz CT molecular complexity index is 566. The Morgan fingerprint density at radius 2 is 2.33 bits per heavy atom. The van der Waals surface area contributed by atoms with Crippen LogP contribution >= 0.6 is 11.3 Å². The summed E-state index contributed by atoms with van der Waals surface area (Å²) in [5.74, 6) is 0.105. The standard InChI is InChI=1S/C13H13N3OS/c17-13-4-1-9-5-10(2-3-12(9)16-13)15-7-11-6-14-8-18-11/h2-3,5-6,8,15H,1,4,7H2,(H,16,17). The molecule has 1 aliphatic heterocycles. The quantitative estimate of drug-likeness (QED) is 0.891. The minimum Gasteiger partial charge on any atom is -0.380 e. The van der Waals surface area contributed by atoms with Crippen LogP contribution in [0, 0.1) is 0 Å². The third-order valence-electron chi connectivity index (χ3n) is 2.95. The van der Waals surface area contributed by atoms with Gasteiger partial charge in [0.25, 0.3) is 0 Å². The van der Waals surface area contributed by atoms with Gasteiger partial charge < -0.3 is 10.6 Å². The number of amides is 1. The van der Waals surface area contributed by atoms with Crippen molar-refractivity contribution in [2.45, 2.75) is 19.4 Å². The number of hydrogen-bond donors (Lipinski definition) is 2. The Morgan fingerprint density at radius 1 is 1.39 bits per heavy atom. The van der Waals surface area contributed by atoms with Crippen LogP contribution in [0.1, 0.15) is 16.9 Å². The summed E-state index contributed by atoms with van der Waals surface area (Å²) in [4.78, 5) is 16.5. The number of thiazole rings is 1. The second kappa shape index (κ2) is 4.78. The summed E-state index contributed by atoms with van der Waals surface area (Å²) < 4.78 is 0. The minimum atomic E-state index is 0.105. The van der Waals surface area contributed by atoms with E-state index in [-0.39, 0.29) is 5.91 Å². The largest absolute Gasteiger partial charge is 0.380 e. The van der Waals surface area contributed by atoms with Crippen LogP contribution in [-0.2, 0) is 17.8 Å². The first-order chi connectivity index (χ1) is 8.81. The molecule has 0 fully saturated rings. The van der Waals surface area contributed by atoms with Crippen LogP contribution in [-0.4, -0.2) is 10.9 Å². The molecule has 2 aromatic rings. The molecule has 0 saturated carbocycles. The normalized spacial score (nSPS) is 13.9. The highest BCUT2D eigenvalue weighted by Crippen LogP contribution is 2.26. The van der Waals surface area contributed by atoms with E-state index in [0.717, 1.165) is 24.3 Å². The molecular formula is C13H13N3OS. The van der Waals surface area contributed by atoms with Crippen molar-refractivity contribution < 1.29 is 4.79 Å². The molecule has 0 atom stereocenters. The lowest BCUT2D eigenvalue weighted by Crippen LogP contribution is -2.18. The van der Waals surface area contributed by atoms with Gasteiger partial charge in [-0.3, -0.25) is 9.78 Å². The topological polar surface area (TPSA) is 54.0 Å². The third-order valence-corrected chi connectivity index (χ3v) is 3.73. The maximum atomic E-state index is 11.3. The van der Waals surface area contributed by atoms with Crippen molar-refractivity contribution in [1.29, 1.82) is 0 Å². The number of benzene rings is 1. The summed E-state index contributed by atoms with van der Waals surface area (Å²) >= 11 is 1.64. The monoisotopic (exact) mass is 259 g/mol. The molecule has 92 valence electrons. The van der Waals surface area contributed by atoms with Gasteiger partial charge in [-0.05, 0) is 30.2 Å². The Morgan fingerprint density at radius 3 is 3.17 bits per heavy atom. The number of rotatable bonds is 3. The number of nitrogens with zero attached hydrogens (tertiary/aromatic N) is 1. The van der Waals surface area contributed by atoms with Crippen molar-refractivity contribution >= 4 is 28.6 Å². The lowest BCUT2D eigenvalue weighted by atomic mass is 10.0. The van der Waals surface area contributed by atoms with E-state index in [1.54, 1.807) is 11.3 Å².